The summed E-state index contributed by atoms with van der Waals surface area (Å²) < 4.78 is 49.9. The number of amides is 1. The molecule has 8 rings (SSSR count). The Morgan fingerprint density at radius 2 is 1.85 bits per heavy atom. The fourth-order valence-corrected chi connectivity index (χ4v) is 9.82. The van der Waals surface area contributed by atoms with Gasteiger partial charge in [-0.05, 0) is 108 Å². The maximum atomic E-state index is 14.6. The van der Waals surface area contributed by atoms with Crippen LogP contribution in [-0.4, -0.2) is 50.5 Å². The van der Waals surface area contributed by atoms with Crippen LogP contribution in [0.25, 0.3) is 10.1 Å². The zero-order chi connectivity index (χ0) is 32.9. The van der Waals surface area contributed by atoms with Gasteiger partial charge in [0, 0.05) is 22.8 Å². The lowest BCUT2D eigenvalue weighted by atomic mass is 9.89. The van der Waals surface area contributed by atoms with Crippen LogP contribution in [0.5, 0.6) is 28.7 Å². The first-order valence-corrected chi connectivity index (χ1v) is 17.7. The van der Waals surface area contributed by atoms with Crippen molar-refractivity contribution in [1.82, 2.24) is 9.62 Å². The predicted molar refractivity (Wildman–Crippen MR) is 181 cm³/mol. The van der Waals surface area contributed by atoms with E-state index in [1.807, 2.05) is 37.3 Å². The summed E-state index contributed by atoms with van der Waals surface area (Å²) >= 11 is 7.52. The van der Waals surface area contributed by atoms with Crippen LogP contribution in [0.4, 0.5) is 0 Å². The number of nitrogens with zero attached hydrogens (tertiary/aromatic N) is 1. The zero-order valence-corrected chi connectivity index (χ0v) is 28.0. The number of aromatic hydroxyl groups is 1. The second-order valence-corrected chi connectivity index (χ2v) is 15.0. The highest BCUT2D eigenvalue weighted by Gasteiger charge is 2.40. The summed E-state index contributed by atoms with van der Waals surface area (Å²) in [6, 6.07) is 20.3. The van der Waals surface area contributed by atoms with Crippen LogP contribution in [0.3, 0.4) is 0 Å². The highest BCUT2D eigenvalue weighted by molar-refractivity contribution is 7.91. The highest BCUT2D eigenvalue weighted by Crippen LogP contribution is 2.45. The number of nitrogens with one attached hydrogen (secondary N) is 1. The Morgan fingerprint density at radius 1 is 1.04 bits per heavy atom. The number of benzene rings is 4. The average molecular weight is 691 g/mol. The maximum Gasteiger partial charge on any atom is 0.255 e. The van der Waals surface area contributed by atoms with Crippen molar-refractivity contribution in [3.63, 3.8) is 0 Å². The predicted octanol–water partition coefficient (Wildman–Crippen LogP) is 7.22. The van der Waals surface area contributed by atoms with Crippen molar-refractivity contribution in [3.8, 4) is 28.7 Å². The van der Waals surface area contributed by atoms with E-state index in [9.17, 15) is 18.3 Å². The summed E-state index contributed by atoms with van der Waals surface area (Å²) in [5.41, 5.74) is 3.23. The smallest absolute Gasteiger partial charge is 0.255 e. The molecule has 0 fully saturated rings. The normalized spacial score (nSPS) is 16.9. The zero-order valence-electron chi connectivity index (χ0n) is 25.6. The molecule has 12 heteroatoms. The number of hydrogen-bond donors (Lipinski definition) is 2. The molecule has 1 aromatic heterocycles. The van der Waals surface area contributed by atoms with Crippen molar-refractivity contribution in [1.29, 1.82) is 0 Å². The highest BCUT2D eigenvalue weighted by atomic mass is 35.5. The molecule has 0 radical (unpaired) electrons. The number of carbonyl (C=O) groups is 1. The molecular weight excluding hydrogens is 660 g/mol. The number of aryl methyl sites for hydroxylation is 1. The largest absolute Gasteiger partial charge is 0.507 e. The molecule has 0 saturated carbocycles. The lowest BCUT2D eigenvalue weighted by molar-refractivity contribution is 0.0948. The van der Waals surface area contributed by atoms with Crippen LogP contribution >= 0.6 is 22.9 Å². The SMILES string of the molecule is COc1ccc2cc1OCCCNC(=O)c1cc(ccc1O)Oc1ccc3c(c1)CCN(S(=O)(=O)c1sc4ccc(Cl)cc4c1C)C23. The second kappa shape index (κ2) is 12.4. The van der Waals surface area contributed by atoms with Crippen LogP contribution in [0.15, 0.2) is 77.0 Å². The summed E-state index contributed by atoms with van der Waals surface area (Å²) in [6.45, 7) is 2.60. The molecule has 1 unspecified atom stereocenters. The molecule has 47 heavy (non-hydrogen) atoms. The van der Waals surface area contributed by atoms with E-state index < -0.39 is 22.0 Å². The molecule has 0 spiro atoms. The number of thiophene rings is 1. The topological polar surface area (TPSA) is 114 Å². The third-order valence-electron chi connectivity index (χ3n) is 8.51. The molecule has 4 aromatic carbocycles. The van der Waals surface area contributed by atoms with E-state index in [0.29, 0.717) is 53.0 Å². The van der Waals surface area contributed by atoms with Crippen LogP contribution in [0.1, 0.15) is 45.1 Å². The summed E-state index contributed by atoms with van der Waals surface area (Å²) in [4.78, 5) is 12.9. The molecule has 0 aliphatic carbocycles. The lowest BCUT2D eigenvalue weighted by Crippen LogP contribution is -2.40. The number of halogens is 1. The third-order valence-corrected chi connectivity index (χ3v) is 12.5. The number of phenols is 1. The monoisotopic (exact) mass is 690 g/mol. The number of ether oxygens (including phenoxy) is 3. The van der Waals surface area contributed by atoms with E-state index in [1.165, 1.54) is 23.5 Å². The Balaban J connectivity index is 1.37. The van der Waals surface area contributed by atoms with E-state index >= 15 is 0 Å². The Hall–Kier alpha value is -4.29. The van der Waals surface area contributed by atoms with E-state index in [-0.39, 0.29) is 28.7 Å². The van der Waals surface area contributed by atoms with E-state index in [0.717, 1.165) is 26.8 Å². The molecular formula is C35H31ClN2O7S2. The molecule has 0 saturated heterocycles. The molecule has 1 atom stereocenters. The molecule has 242 valence electrons. The van der Waals surface area contributed by atoms with Gasteiger partial charge in [-0.25, -0.2) is 8.42 Å². The van der Waals surface area contributed by atoms with Gasteiger partial charge in [0.1, 0.15) is 21.5 Å². The standard InChI is InChI=1S/C35H31ClN2O7S2/c1-20-27-18-23(36)5-11-32(27)46-35(20)47(41,42)38-14-12-21-16-24-6-8-26(21)33(38)22-4-10-30(43-2)31(17-22)44-15-3-13-37-34(40)28-19-25(45-24)7-9-29(28)39/h4-11,16-19,33,39H,3,12-15H2,1-2H3,(H,37,40). The lowest BCUT2D eigenvalue weighted by Gasteiger charge is -2.37. The third kappa shape index (κ3) is 5.78. The second-order valence-electron chi connectivity index (χ2n) is 11.4. The van der Waals surface area contributed by atoms with E-state index in [2.05, 4.69) is 5.32 Å². The van der Waals surface area contributed by atoms with Crippen LogP contribution in [-0.2, 0) is 16.4 Å². The van der Waals surface area contributed by atoms with Gasteiger partial charge in [-0.2, -0.15) is 4.31 Å². The van der Waals surface area contributed by atoms with Crippen molar-refractivity contribution in [2.24, 2.45) is 0 Å². The van der Waals surface area contributed by atoms with E-state index in [1.54, 1.807) is 41.7 Å². The minimum Gasteiger partial charge on any atom is -0.507 e. The number of sulfonamides is 1. The molecule has 3 aliphatic heterocycles. The summed E-state index contributed by atoms with van der Waals surface area (Å²) in [7, 11) is -2.43. The number of fused-ring (bicyclic) bond motifs is 7. The van der Waals surface area contributed by atoms with Gasteiger partial charge in [-0.15, -0.1) is 11.3 Å². The first-order chi connectivity index (χ1) is 22.6. The Labute approximate surface area is 281 Å². The van der Waals surface area contributed by atoms with Crippen LogP contribution < -0.4 is 19.5 Å². The van der Waals surface area contributed by atoms with Gasteiger partial charge >= 0.3 is 0 Å². The minimum atomic E-state index is -3.98. The molecule has 3 aliphatic rings. The summed E-state index contributed by atoms with van der Waals surface area (Å²) in [6.07, 6.45) is 0.918. The van der Waals surface area contributed by atoms with Gasteiger partial charge in [0.25, 0.3) is 15.9 Å². The van der Waals surface area contributed by atoms with Gasteiger partial charge in [-0.3, -0.25) is 4.79 Å². The molecule has 1 amide bonds. The summed E-state index contributed by atoms with van der Waals surface area (Å²) in [5, 5.41) is 14.5. The Bertz CT molecular complexity index is 2150. The first-order valence-electron chi connectivity index (χ1n) is 15.1. The number of rotatable bonds is 3. The van der Waals surface area contributed by atoms with E-state index in [4.69, 9.17) is 25.8 Å². The maximum absolute atomic E-state index is 14.6. The number of phenolic OH excluding ortho intramolecular Hbond substituents is 1. The number of carbonyl (C=O) groups excluding carboxylic acids is 1. The summed E-state index contributed by atoms with van der Waals surface area (Å²) in [5.74, 6) is 1.27. The average Bonchev–Trinajstić information content (AvgIpc) is 3.40. The fourth-order valence-electron chi connectivity index (χ4n) is 6.20. The molecule has 9 nitrogen and oxygen atoms in total. The van der Waals surface area contributed by atoms with Gasteiger partial charge < -0.3 is 24.6 Å². The van der Waals surface area contributed by atoms with Crippen LogP contribution in [0.2, 0.25) is 5.02 Å². The Morgan fingerprint density at radius 3 is 2.68 bits per heavy atom. The van der Waals surface area contributed by atoms with Crippen LogP contribution in [0, 0.1) is 6.92 Å². The van der Waals surface area contributed by atoms with Gasteiger partial charge in [-0.1, -0.05) is 23.7 Å². The van der Waals surface area contributed by atoms with Gasteiger partial charge in [0.05, 0.1) is 25.3 Å². The van der Waals surface area contributed by atoms with Crippen molar-refractivity contribution < 1.29 is 32.5 Å². The Kier molecular flexibility index (Phi) is 8.25. The number of hydrogen-bond acceptors (Lipinski definition) is 8. The van der Waals surface area contributed by atoms with Crippen molar-refractivity contribution >= 4 is 49.0 Å². The van der Waals surface area contributed by atoms with Crippen molar-refractivity contribution in [2.75, 3.05) is 26.8 Å². The fraction of sp³-hybridized carbons (Fsp3) is 0.229. The molecule has 4 heterocycles. The first kappa shape index (κ1) is 31.3. The molecule has 5 aromatic rings. The number of methoxy groups -OCH3 is 1. The van der Waals surface area contributed by atoms with Crippen molar-refractivity contribution in [3.05, 3.63) is 106 Å². The quantitative estimate of drug-likeness (QED) is 0.206. The van der Waals surface area contributed by atoms with Crippen molar-refractivity contribution in [2.45, 2.75) is 30.0 Å². The van der Waals surface area contributed by atoms with Gasteiger partial charge in [0.2, 0.25) is 0 Å². The molecule has 2 N–H and O–H groups in total. The van der Waals surface area contributed by atoms with Gasteiger partial charge in [0.15, 0.2) is 11.5 Å². The minimum absolute atomic E-state index is 0.0941. The molecule has 8 bridgehead atoms.